The summed E-state index contributed by atoms with van der Waals surface area (Å²) in [7, 11) is 1.84. The van der Waals surface area contributed by atoms with Gasteiger partial charge in [0, 0.05) is 37.2 Å². The van der Waals surface area contributed by atoms with E-state index in [9.17, 15) is 9.59 Å². The molecule has 1 N–H and O–H groups in total. The van der Waals surface area contributed by atoms with Gasteiger partial charge in [0.1, 0.15) is 5.41 Å². The van der Waals surface area contributed by atoms with Crippen molar-refractivity contribution in [1.29, 1.82) is 0 Å². The van der Waals surface area contributed by atoms with E-state index in [1.54, 1.807) is 17.1 Å². The number of carbonyl (C=O) groups is 2. The summed E-state index contributed by atoms with van der Waals surface area (Å²) in [4.78, 5) is 33.0. The zero-order chi connectivity index (χ0) is 20.9. The van der Waals surface area contributed by atoms with Crippen molar-refractivity contribution in [3.05, 3.63) is 77.4 Å². The fourth-order valence-corrected chi connectivity index (χ4v) is 4.95. The van der Waals surface area contributed by atoms with Crippen LogP contribution in [0.3, 0.4) is 0 Å². The van der Waals surface area contributed by atoms with Crippen LogP contribution in [0.25, 0.3) is 0 Å². The van der Waals surface area contributed by atoms with E-state index in [-0.39, 0.29) is 18.2 Å². The van der Waals surface area contributed by atoms with Crippen molar-refractivity contribution in [2.75, 3.05) is 11.9 Å². The van der Waals surface area contributed by atoms with Crippen LogP contribution >= 0.6 is 0 Å². The number of para-hydroxylation sites is 1. The minimum atomic E-state index is -0.811. The van der Waals surface area contributed by atoms with Gasteiger partial charge in [-0.3, -0.25) is 19.3 Å². The molecule has 2 unspecified atom stereocenters. The zero-order valence-corrected chi connectivity index (χ0v) is 17.0. The van der Waals surface area contributed by atoms with Crippen LogP contribution in [0.15, 0.2) is 55.0 Å². The highest BCUT2D eigenvalue weighted by molar-refractivity contribution is 6.07. The Morgan fingerprint density at radius 3 is 2.87 bits per heavy atom. The Morgan fingerprint density at radius 1 is 1.27 bits per heavy atom. The fourth-order valence-electron chi connectivity index (χ4n) is 4.95. The number of likely N-dealkylation sites (tertiary alicyclic amines) is 1. The quantitative estimate of drug-likeness (QED) is 0.731. The van der Waals surface area contributed by atoms with E-state index in [1.165, 1.54) is 0 Å². The number of amides is 2. The summed E-state index contributed by atoms with van der Waals surface area (Å²) in [5, 5.41) is 7.36. The molecule has 1 saturated heterocycles. The smallest absolute Gasteiger partial charge is 0.237 e. The van der Waals surface area contributed by atoms with Gasteiger partial charge in [0.25, 0.3) is 0 Å². The van der Waals surface area contributed by atoms with Gasteiger partial charge in [-0.05, 0) is 36.6 Å². The molecule has 0 saturated carbocycles. The summed E-state index contributed by atoms with van der Waals surface area (Å²) in [6.45, 7) is 2.46. The van der Waals surface area contributed by atoms with Crippen LogP contribution in [0, 0.1) is 6.92 Å². The number of nitrogens with one attached hydrogen (secondary N) is 1. The van der Waals surface area contributed by atoms with Crippen molar-refractivity contribution in [2.24, 2.45) is 7.05 Å². The number of hydrogen-bond acceptors (Lipinski definition) is 4. The molecule has 7 heteroatoms. The maximum Gasteiger partial charge on any atom is 0.237 e. The first-order valence-electron chi connectivity index (χ1n) is 10.1. The van der Waals surface area contributed by atoms with Crippen molar-refractivity contribution in [3.63, 3.8) is 0 Å². The average molecular weight is 401 g/mol. The molecule has 1 aromatic carbocycles. The van der Waals surface area contributed by atoms with E-state index in [1.807, 2.05) is 61.5 Å². The van der Waals surface area contributed by atoms with Crippen molar-refractivity contribution in [1.82, 2.24) is 19.7 Å². The molecule has 3 aromatic rings. The molecule has 0 aliphatic carbocycles. The molecule has 1 fully saturated rings. The summed E-state index contributed by atoms with van der Waals surface area (Å²) >= 11 is 0. The van der Waals surface area contributed by atoms with Crippen molar-refractivity contribution in [2.45, 2.75) is 31.2 Å². The fraction of sp³-hybridized carbons (Fsp3) is 0.304. The van der Waals surface area contributed by atoms with Gasteiger partial charge >= 0.3 is 0 Å². The predicted molar refractivity (Wildman–Crippen MR) is 112 cm³/mol. The zero-order valence-electron chi connectivity index (χ0n) is 17.0. The molecule has 2 aliphatic heterocycles. The Morgan fingerprint density at radius 2 is 2.10 bits per heavy atom. The summed E-state index contributed by atoms with van der Waals surface area (Å²) in [5.41, 5.74) is 3.59. The maximum absolute atomic E-state index is 13.4. The number of pyridine rings is 1. The van der Waals surface area contributed by atoms with Crippen LogP contribution in [-0.2, 0) is 28.5 Å². The Labute approximate surface area is 174 Å². The molecule has 0 bridgehead atoms. The monoisotopic (exact) mass is 401 g/mol. The summed E-state index contributed by atoms with van der Waals surface area (Å²) < 4.78 is 1.71. The van der Waals surface area contributed by atoms with Gasteiger partial charge in [-0.25, -0.2) is 0 Å². The summed E-state index contributed by atoms with van der Waals surface area (Å²) in [6, 6.07) is 11.2. The third-order valence-corrected chi connectivity index (χ3v) is 6.38. The van der Waals surface area contributed by atoms with E-state index >= 15 is 0 Å². The number of carbonyl (C=O) groups excluding carboxylic acids is 2. The number of nitrogens with zero attached hydrogens (tertiary/aromatic N) is 4. The lowest BCUT2D eigenvalue weighted by atomic mass is 9.73. The summed E-state index contributed by atoms with van der Waals surface area (Å²) in [5.74, 6) is -0.0819. The first-order valence-corrected chi connectivity index (χ1v) is 10.1. The molecule has 0 radical (unpaired) electrons. The van der Waals surface area contributed by atoms with E-state index in [2.05, 4.69) is 15.4 Å². The van der Waals surface area contributed by atoms with Gasteiger partial charge < -0.3 is 10.2 Å². The molecule has 2 aliphatic rings. The molecule has 30 heavy (non-hydrogen) atoms. The van der Waals surface area contributed by atoms with Crippen molar-refractivity contribution in [3.8, 4) is 0 Å². The molecule has 152 valence electrons. The van der Waals surface area contributed by atoms with Gasteiger partial charge in [-0.15, -0.1) is 0 Å². The molecule has 1 spiro atoms. The normalized spacial score (nSPS) is 22.4. The SMILES string of the molecule is Cc1cccnc1CC(=O)N1CCC2(C(=O)Nc3ccccc32)C1c1cnn(C)c1. The summed E-state index contributed by atoms with van der Waals surface area (Å²) in [6.07, 6.45) is 6.15. The molecule has 7 nitrogen and oxygen atoms in total. The van der Waals surface area contributed by atoms with Crippen LogP contribution in [0.5, 0.6) is 0 Å². The van der Waals surface area contributed by atoms with E-state index in [4.69, 9.17) is 0 Å². The van der Waals surface area contributed by atoms with Crippen LogP contribution in [0.4, 0.5) is 5.69 Å². The largest absolute Gasteiger partial charge is 0.334 e. The maximum atomic E-state index is 13.4. The Balaban J connectivity index is 1.59. The molecule has 5 rings (SSSR count). The number of benzene rings is 1. The van der Waals surface area contributed by atoms with Crippen LogP contribution in [0.2, 0.25) is 0 Å². The topological polar surface area (TPSA) is 80.1 Å². The molecule has 4 heterocycles. The van der Waals surface area contributed by atoms with Gasteiger partial charge in [0.2, 0.25) is 11.8 Å². The lowest BCUT2D eigenvalue weighted by Crippen LogP contribution is -2.43. The van der Waals surface area contributed by atoms with Gasteiger partial charge in [0.15, 0.2) is 0 Å². The molecule has 2 amide bonds. The van der Waals surface area contributed by atoms with Crippen LogP contribution in [-0.4, -0.2) is 38.0 Å². The second kappa shape index (κ2) is 6.79. The number of rotatable bonds is 3. The first-order chi connectivity index (χ1) is 14.5. The van der Waals surface area contributed by atoms with Crippen LogP contribution in [0.1, 0.15) is 34.8 Å². The predicted octanol–water partition coefficient (Wildman–Crippen LogP) is 2.53. The van der Waals surface area contributed by atoms with Crippen LogP contribution < -0.4 is 5.32 Å². The molecular formula is C23H23N5O2. The first kappa shape index (κ1) is 18.5. The highest BCUT2D eigenvalue weighted by Crippen LogP contribution is 2.54. The second-order valence-electron chi connectivity index (χ2n) is 8.10. The van der Waals surface area contributed by atoms with Gasteiger partial charge in [0.05, 0.1) is 24.4 Å². The standard InChI is InChI=1S/C23H23N5O2/c1-15-6-5-10-24-19(15)12-20(29)28-11-9-23(21(28)16-13-25-27(2)14-16)17-7-3-4-8-18(17)26-22(23)30/h3-8,10,13-14,21H,9,11-12H2,1-2H3,(H,26,30). The van der Waals surface area contributed by atoms with Crippen molar-refractivity contribution < 1.29 is 9.59 Å². The van der Waals surface area contributed by atoms with Crippen molar-refractivity contribution >= 4 is 17.5 Å². The minimum absolute atomic E-state index is 0.0280. The molecule has 2 atom stereocenters. The highest BCUT2D eigenvalue weighted by Gasteiger charge is 2.59. The number of anilines is 1. The van der Waals surface area contributed by atoms with E-state index < -0.39 is 11.5 Å². The second-order valence-corrected chi connectivity index (χ2v) is 8.10. The van der Waals surface area contributed by atoms with Gasteiger partial charge in [-0.2, -0.15) is 5.10 Å². The number of fused-ring (bicyclic) bond motifs is 2. The van der Waals surface area contributed by atoms with E-state index in [0.29, 0.717) is 13.0 Å². The minimum Gasteiger partial charge on any atom is -0.334 e. The third-order valence-electron chi connectivity index (χ3n) is 6.38. The molecule has 2 aromatic heterocycles. The Kier molecular flexibility index (Phi) is 4.20. The molecular weight excluding hydrogens is 378 g/mol. The Hall–Kier alpha value is -3.48. The number of hydrogen-bond donors (Lipinski definition) is 1. The lowest BCUT2D eigenvalue weighted by molar-refractivity contribution is -0.133. The van der Waals surface area contributed by atoms with Gasteiger partial charge in [-0.1, -0.05) is 24.3 Å². The third kappa shape index (κ3) is 2.65. The number of aryl methyl sites for hydroxylation is 2. The lowest BCUT2D eigenvalue weighted by Gasteiger charge is -2.33. The Bertz CT molecular complexity index is 1150. The average Bonchev–Trinajstić information content (AvgIpc) is 3.41. The number of aromatic nitrogens is 3. The van der Waals surface area contributed by atoms with E-state index in [0.717, 1.165) is 28.1 Å². The highest BCUT2D eigenvalue weighted by atomic mass is 16.2.